The van der Waals surface area contributed by atoms with Crippen molar-refractivity contribution >= 4 is 38.9 Å². The van der Waals surface area contributed by atoms with Gasteiger partial charge in [-0.25, -0.2) is 13.1 Å². The van der Waals surface area contributed by atoms with Crippen LogP contribution < -0.4 is 15.2 Å². The highest BCUT2D eigenvalue weighted by molar-refractivity contribution is 7.92. The second kappa shape index (κ2) is 10.1. The molecule has 3 rings (SSSR count). The number of carbonyl (C=O) groups excluding carboxylic acids is 1. The first-order valence-corrected chi connectivity index (χ1v) is 12.1. The zero-order chi connectivity index (χ0) is 25.0. The van der Waals surface area contributed by atoms with Gasteiger partial charge in [-0.1, -0.05) is 29.8 Å². The van der Waals surface area contributed by atoms with E-state index in [-0.39, 0.29) is 27.7 Å². The number of hydrogen-bond acceptors (Lipinski definition) is 6. The Morgan fingerprint density at radius 3 is 2.50 bits per heavy atom. The average molecular weight is 500 g/mol. The second-order valence-corrected chi connectivity index (χ2v) is 9.62. The zero-order valence-electron chi connectivity index (χ0n) is 18.7. The lowest BCUT2D eigenvalue weighted by molar-refractivity contribution is -0.117. The van der Waals surface area contributed by atoms with E-state index in [2.05, 4.69) is 10.4 Å². The summed E-state index contributed by atoms with van der Waals surface area (Å²) in [5, 5.41) is 16.0. The van der Waals surface area contributed by atoms with E-state index < -0.39 is 28.0 Å². The number of anilines is 2. The molecule has 0 aliphatic carbocycles. The fourth-order valence-electron chi connectivity index (χ4n) is 3.31. The van der Waals surface area contributed by atoms with Crippen molar-refractivity contribution in [2.45, 2.75) is 32.2 Å². The number of nitrogens with one attached hydrogen (secondary N) is 1. The number of amides is 1. The number of nitrogens with zero attached hydrogens (tertiary/aromatic N) is 4. The van der Waals surface area contributed by atoms with E-state index in [4.69, 9.17) is 11.6 Å². The molecule has 0 saturated heterocycles. The van der Waals surface area contributed by atoms with E-state index >= 15 is 0 Å². The van der Waals surface area contributed by atoms with Crippen LogP contribution in [0.1, 0.15) is 23.7 Å². The number of halogens is 1. The van der Waals surface area contributed by atoms with Crippen LogP contribution in [-0.2, 0) is 21.4 Å². The first kappa shape index (κ1) is 25.0. The molecular formula is C23H22ClN5O4S. The molecule has 0 atom stereocenters. The topological polar surface area (TPSA) is 125 Å². The van der Waals surface area contributed by atoms with Crippen molar-refractivity contribution in [1.82, 2.24) is 9.78 Å². The number of rotatable bonds is 7. The van der Waals surface area contributed by atoms with Gasteiger partial charge in [-0.3, -0.25) is 13.9 Å². The van der Waals surface area contributed by atoms with Crippen LogP contribution in [0.4, 0.5) is 11.4 Å². The van der Waals surface area contributed by atoms with Crippen LogP contribution in [0.25, 0.3) is 0 Å². The van der Waals surface area contributed by atoms with Crippen LogP contribution in [-0.4, -0.2) is 30.7 Å². The van der Waals surface area contributed by atoms with Crippen molar-refractivity contribution in [2.24, 2.45) is 0 Å². The molecule has 0 aliphatic rings. The molecule has 34 heavy (non-hydrogen) atoms. The Hall–Kier alpha value is -3.68. The minimum absolute atomic E-state index is 0.0638. The summed E-state index contributed by atoms with van der Waals surface area (Å²) in [5.41, 5.74) is 0.671. The molecule has 9 nitrogen and oxygen atoms in total. The van der Waals surface area contributed by atoms with Crippen molar-refractivity contribution in [2.75, 3.05) is 16.2 Å². The van der Waals surface area contributed by atoms with Gasteiger partial charge in [-0.05, 0) is 56.7 Å². The molecule has 0 saturated carbocycles. The third-order valence-electron chi connectivity index (χ3n) is 5.17. The van der Waals surface area contributed by atoms with Crippen molar-refractivity contribution in [1.29, 1.82) is 5.26 Å². The standard InChI is InChI=1S/C23H22ClN5O4S/c1-4-29(17-8-6-5-7-9-17)34(32,33)18-10-11-20(24)21(12-18)26-22(30)14-28-23(31)19(13-25)15(2)16(3)27-28/h5-12H,4,14H2,1-3H3,(H,26,30). The lowest BCUT2D eigenvalue weighted by Crippen LogP contribution is -2.32. The molecule has 3 aromatic rings. The van der Waals surface area contributed by atoms with Crippen LogP contribution in [0.15, 0.2) is 58.2 Å². The van der Waals surface area contributed by atoms with Gasteiger partial charge in [-0.2, -0.15) is 10.4 Å². The quantitative estimate of drug-likeness (QED) is 0.532. The molecule has 2 aromatic carbocycles. The smallest absolute Gasteiger partial charge is 0.285 e. The first-order chi connectivity index (χ1) is 16.1. The van der Waals surface area contributed by atoms with Crippen molar-refractivity contribution in [3.63, 3.8) is 0 Å². The number of nitriles is 1. The number of sulfonamides is 1. The summed E-state index contributed by atoms with van der Waals surface area (Å²) in [6.07, 6.45) is 0. The van der Waals surface area contributed by atoms with Gasteiger partial charge in [0.25, 0.3) is 15.6 Å². The number of hydrogen-bond donors (Lipinski definition) is 1. The maximum Gasteiger partial charge on any atom is 0.285 e. The number of para-hydroxylation sites is 1. The van der Waals surface area contributed by atoms with Gasteiger partial charge < -0.3 is 5.32 Å². The largest absolute Gasteiger partial charge is 0.323 e. The van der Waals surface area contributed by atoms with Gasteiger partial charge in [0, 0.05) is 6.54 Å². The molecule has 1 N–H and O–H groups in total. The second-order valence-electron chi connectivity index (χ2n) is 7.36. The molecule has 1 amide bonds. The van der Waals surface area contributed by atoms with Gasteiger partial charge in [0.1, 0.15) is 18.2 Å². The monoisotopic (exact) mass is 499 g/mol. The summed E-state index contributed by atoms with van der Waals surface area (Å²) in [4.78, 5) is 25.0. The highest BCUT2D eigenvalue weighted by Gasteiger charge is 2.25. The third kappa shape index (κ3) is 4.95. The molecule has 0 radical (unpaired) electrons. The molecule has 0 aliphatic heterocycles. The van der Waals surface area contributed by atoms with E-state index in [0.717, 1.165) is 4.68 Å². The summed E-state index contributed by atoms with van der Waals surface area (Å²) in [6.45, 7) is 4.66. The minimum Gasteiger partial charge on any atom is -0.323 e. The normalized spacial score (nSPS) is 11.0. The number of aromatic nitrogens is 2. The van der Waals surface area contributed by atoms with Gasteiger partial charge in [0.15, 0.2) is 0 Å². The summed E-state index contributed by atoms with van der Waals surface area (Å²) >= 11 is 6.20. The molecule has 0 unspecified atom stereocenters. The molecule has 1 aromatic heterocycles. The van der Waals surface area contributed by atoms with E-state index in [1.54, 1.807) is 51.1 Å². The maximum absolute atomic E-state index is 13.3. The van der Waals surface area contributed by atoms with E-state index in [9.17, 15) is 23.3 Å². The van der Waals surface area contributed by atoms with Gasteiger partial charge in [-0.15, -0.1) is 0 Å². The maximum atomic E-state index is 13.3. The highest BCUT2D eigenvalue weighted by Crippen LogP contribution is 2.29. The fraction of sp³-hybridized carbons (Fsp3) is 0.217. The summed E-state index contributed by atoms with van der Waals surface area (Å²) in [7, 11) is -3.94. The Balaban J connectivity index is 1.90. The average Bonchev–Trinajstić information content (AvgIpc) is 2.80. The van der Waals surface area contributed by atoms with Crippen molar-refractivity contribution in [3.05, 3.63) is 80.7 Å². The third-order valence-corrected chi connectivity index (χ3v) is 7.40. The predicted molar refractivity (Wildman–Crippen MR) is 129 cm³/mol. The Labute approximate surface area is 202 Å². The van der Waals surface area contributed by atoms with Crippen molar-refractivity contribution in [3.8, 4) is 6.07 Å². The van der Waals surface area contributed by atoms with Crippen molar-refractivity contribution < 1.29 is 13.2 Å². The van der Waals surface area contributed by atoms with Crippen LogP contribution >= 0.6 is 11.6 Å². The lowest BCUT2D eigenvalue weighted by atomic mass is 10.1. The van der Waals surface area contributed by atoms with E-state index in [1.807, 2.05) is 6.07 Å². The summed E-state index contributed by atoms with van der Waals surface area (Å²) in [6, 6.07) is 14.5. The first-order valence-electron chi connectivity index (χ1n) is 10.3. The van der Waals surface area contributed by atoms with Crippen LogP contribution in [0.5, 0.6) is 0 Å². The molecule has 1 heterocycles. The van der Waals surface area contributed by atoms with Crippen LogP contribution in [0.3, 0.4) is 0 Å². The molecule has 0 fully saturated rings. The number of aryl methyl sites for hydroxylation is 1. The van der Waals surface area contributed by atoms with Gasteiger partial charge in [0.05, 0.1) is 27.0 Å². The molecule has 176 valence electrons. The van der Waals surface area contributed by atoms with E-state index in [1.165, 1.54) is 22.5 Å². The highest BCUT2D eigenvalue weighted by atomic mass is 35.5. The van der Waals surface area contributed by atoms with Gasteiger partial charge >= 0.3 is 0 Å². The SMILES string of the molecule is CCN(c1ccccc1)S(=O)(=O)c1ccc(Cl)c(NC(=O)Cn2nc(C)c(C)c(C#N)c2=O)c1. The molecule has 0 bridgehead atoms. The Bertz CT molecular complexity index is 1450. The Kier molecular flexibility index (Phi) is 7.39. The van der Waals surface area contributed by atoms with Crippen LogP contribution in [0.2, 0.25) is 5.02 Å². The minimum atomic E-state index is -3.94. The molecular weight excluding hydrogens is 478 g/mol. The fourth-order valence-corrected chi connectivity index (χ4v) is 4.98. The zero-order valence-corrected chi connectivity index (χ0v) is 20.3. The summed E-state index contributed by atoms with van der Waals surface area (Å²) < 4.78 is 28.7. The Morgan fingerprint density at radius 2 is 1.88 bits per heavy atom. The number of benzene rings is 2. The molecule has 11 heteroatoms. The van der Waals surface area contributed by atoms with Crippen LogP contribution in [0, 0.1) is 25.2 Å². The van der Waals surface area contributed by atoms with E-state index in [0.29, 0.717) is 16.9 Å². The lowest BCUT2D eigenvalue weighted by Gasteiger charge is -2.23. The Morgan fingerprint density at radius 1 is 1.21 bits per heavy atom. The van der Waals surface area contributed by atoms with Gasteiger partial charge in [0.2, 0.25) is 5.91 Å². The number of carbonyl (C=O) groups is 1. The summed E-state index contributed by atoms with van der Waals surface area (Å²) in [5.74, 6) is -0.659. The molecule has 0 spiro atoms. The predicted octanol–water partition coefficient (Wildman–Crippen LogP) is 3.24.